The monoisotopic (exact) mass is 159 g/mol. The summed E-state index contributed by atoms with van der Waals surface area (Å²) >= 11 is 0. The van der Waals surface area contributed by atoms with Crippen molar-refractivity contribution >= 4 is 11.8 Å². The van der Waals surface area contributed by atoms with Gasteiger partial charge in [0.2, 0.25) is 11.8 Å². The van der Waals surface area contributed by atoms with Crippen LogP contribution < -0.4 is 11.1 Å². The molecule has 0 atom stereocenters. The average Bonchev–Trinajstić information content (AvgIpc) is 1.85. The zero-order chi connectivity index (χ0) is 8.85. The second-order valence-electron chi connectivity index (χ2n) is 2.31. The molecule has 11 heavy (non-hydrogen) atoms. The number of rotatable bonds is 4. The summed E-state index contributed by atoms with van der Waals surface area (Å²) in [4.78, 5) is 22.6. The van der Waals surface area contributed by atoms with Crippen LogP contribution in [0, 0.1) is 0 Å². The minimum absolute atomic E-state index is 0.105. The zero-order valence-electron chi connectivity index (χ0n) is 6.76. The number of hydrogen-bond acceptors (Lipinski definition) is 3. The first-order chi connectivity index (χ1) is 5.06. The quantitative estimate of drug-likeness (QED) is 0.505. The van der Waals surface area contributed by atoms with Crippen LogP contribution in [-0.4, -0.2) is 43.9 Å². The molecule has 0 aliphatic heterocycles. The van der Waals surface area contributed by atoms with Gasteiger partial charge in [0.25, 0.3) is 0 Å². The number of amides is 2. The number of likely N-dealkylation sites (N-methyl/N-ethyl adjacent to an activating group) is 2. The minimum atomic E-state index is -0.434. The lowest BCUT2D eigenvalue weighted by Gasteiger charge is -2.12. The molecule has 0 rings (SSSR count). The zero-order valence-corrected chi connectivity index (χ0v) is 6.76. The fraction of sp³-hybridized carbons (Fsp3) is 0.667. The summed E-state index contributed by atoms with van der Waals surface area (Å²) in [5, 5.41) is 2.44. The summed E-state index contributed by atoms with van der Waals surface area (Å²) in [5.74, 6) is -0.565. The highest BCUT2D eigenvalue weighted by molar-refractivity contribution is 5.79. The van der Waals surface area contributed by atoms with Crippen LogP contribution in [0.3, 0.4) is 0 Å². The Morgan fingerprint density at radius 3 is 2.36 bits per heavy atom. The largest absolute Gasteiger partial charge is 0.369 e. The van der Waals surface area contributed by atoms with Gasteiger partial charge in [0, 0.05) is 7.05 Å². The molecule has 0 fully saturated rings. The minimum Gasteiger partial charge on any atom is -0.369 e. The maximum Gasteiger partial charge on any atom is 0.233 e. The Kier molecular flexibility index (Phi) is 4.21. The Morgan fingerprint density at radius 2 is 2.00 bits per heavy atom. The molecule has 0 unspecified atom stereocenters. The average molecular weight is 159 g/mol. The molecular weight excluding hydrogens is 146 g/mol. The Bertz CT molecular complexity index is 158. The second kappa shape index (κ2) is 4.68. The Morgan fingerprint density at radius 1 is 1.45 bits per heavy atom. The fourth-order valence-corrected chi connectivity index (χ4v) is 0.646. The standard InChI is InChI=1S/C6H13N3O2/c1-8-6(11)4-9(2)3-5(7)10/h3-4H2,1-2H3,(H2,7,10)(H,8,11). The molecule has 5 nitrogen and oxygen atoms in total. The Balaban J connectivity index is 3.60. The third-order valence-electron chi connectivity index (χ3n) is 1.12. The van der Waals surface area contributed by atoms with Gasteiger partial charge in [-0.05, 0) is 7.05 Å². The molecule has 0 radical (unpaired) electrons. The number of carbonyl (C=O) groups is 2. The van der Waals surface area contributed by atoms with Crippen molar-refractivity contribution in [2.75, 3.05) is 27.2 Å². The van der Waals surface area contributed by atoms with Crippen LogP contribution in [-0.2, 0) is 9.59 Å². The van der Waals surface area contributed by atoms with E-state index in [2.05, 4.69) is 5.32 Å². The summed E-state index contributed by atoms with van der Waals surface area (Å²) in [5.41, 5.74) is 4.90. The highest BCUT2D eigenvalue weighted by atomic mass is 16.2. The van der Waals surface area contributed by atoms with E-state index in [9.17, 15) is 9.59 Å². The van der Waals surface area contributed by atoms with E-state index in [1.165, 1.54) is 0 Å². The van der Waals surface area contributed by atoms with Gasteiger partial charge in [0.05, 0.1) is 13.1 Å². The van der Waals surface area contributed by atoms with Crippen molar-refractivity contribution in [3.05, 3.63) is 0 Å². The predicted molar refractivity (Wildman–Crippen MR) is 40.8 cm³/mol. The lowest BCUT2D eigenvalue weighted by atomic mass is 10.5. The van der Waals surface area contributed by atoms with Crippen LogP contribution in [0.2, 0.25) is 0 Å². The van der Waals surface area contributed by atoms with E-state index in [0.29, 0.717) is 0 Å². The number of primary amides is 1. The molecule has 2 amide bonds. The molecular formula is C6H13N3O2. The molecule has 0 saturated heterocycles. The molecule has 0 spiro atoms. The van der Waals surface area contributed by atoms with E-state index >= 15 is 0 Å². The second-order valence-corrected chi connectivity index (χ2v) is 2.31. The van der Waals surface area contributed by atoms with E-state index in [1.807, 2.05) is 0 Å². The highest BCUT2D eigenvalue weighted by Gasteiger charge is 2.05. The highest BCUT2D eigenvalue weighted by Crippen LogP contribution is 1.79. The van der Waals surface area contributed by atoms with Crippen molar-refractivity contribution in [3.63, 3.8) is 0 Å². The van der Waals surface area contributed by atoms with Gasteiger partial charge in [-0.3, -0.25) is 14.5 Å². The van der Waals surface area contributed by atoms with Gasteiger partial charge in [-0.2, -0.15) is 0 Å². The lowest BCUT2D eigenvalue weighted by molar-refractivity contribution is -0.123. The van der Waals surface area contributed by atoms with Gasteiger partial charge in [-0.25, -0.2) is 0 Å². The van der Waals surface area contributed by atoms with E-state index in [-0.39, 0.29) is 19.0 Å². The summed E-state index contributed by atoms with van der Waals surface area (Å²) in [6.07, 6.45) is 0. The Labute approximate surface area is 65.5 Å². The SMILES string of the molecule is CNC(=O)CN(C)CC(N)=O. The van der Waals surface area contributed by atoms with Crippen molar-refractivity contribution in [2.24, 2.45) is 5.73 Å². The first-order valence-electron chi connectivity index (χ1n) is 3.23. The maximum absolute atomic E-state index is 10.7. The van der Waals surface area contributed by atoms with Gasteiger partial charge in [0.15, 0.2) is 0 Å². The van der Waals surface area contributed by atoms with Gasteiger partial charge < -0.3 is 11.1 Å². The molecule has 0 aliphatic carbocycles. The van der Waals surface area contributed by atoms with Crippen molar-refractivity contribution in [1.82, 2.24) is 10.2 Å². The lowest BCUT2D eigenvalue weighted by Crippen LogP contribution is -2.37. The van der Waals surface area contributed by atoms with Gasteiger partial charge in [-0.15, -0.1) is 0 Å². The van der Waals surface area contributed by atoms with E-state index in [0.717, 1.165) is 0 Å². The molecule has 0 bridgehead atoms. The maximum atomic E-state index is 10.7. The first-order valence-corrected chi connectivity index (χ1v) is 3.23. The van der Waals surface area contributed by atoms with Crippen molar-refractivity contribution < 1.29 is 9.59 Å². The van der Waals surface area contributed by atoms with Crippen molar-refractivity contribution in [1.29, 1.82) is 0 Å². The number of nitrogens with one attached hydrogen (secondary N) is 1. The van der Waals surface area contributed by atoms with Gasteiger partial charge in [-0.1, -0.05) is 0 Å². The van der Waals surface area contributed by atoms with E-state index in [1.54, 1.807) is 19.0 Å². The number of nitrogens with zero attached hydrogens (tertiary/aromatic N) is 1. The molecule has 3 N–H and O–H groups in total. The van der Waals surface area contributed by atoms with Crippen LogP contribution >= 0.6 is 0 Å². The summed E-state index contributed by atoms with van der Waals surface area (Å²) in [7, 11) is 3.19. The van der Waals surface area contributed by atoms with Crippen LogP contribution in [0.5, 0.6) is 0 Å². The van der Waals surface area contributed by atoms with Crippen LogP contribution in [0.4, 0.5) is 0 Å². The predicted octanol–water partition coefficient (Wildman–Crippen LogP) is -1.85. The summed E-state index contributed by atoms with van der Waals surface area (Å²) in [6.45, 7) is 0.298. The Hall–Kier alpha value is -1.10. The summed E-state index contributed by atoms with van der Waals surface area (Å²) in [6, 6.07) is 0. The van der Waals surface area contributed by atoms with Crippen molar-refractivity contribution in [3.8, 4) is 0 Å². The van der Waals surface area contributed by atoms with Crippen molar-refractivity contribution in [2.45, 2.75) is 0 Å². The van der Waals surface area contributed by atoms with E-state index in [4.69, 9.17) is 5.73 Å². The number of hydrogen-bond donors (Lipinski definition) is 2. The number of nitrogens with two attached hydrogens (primary N) is 1. The molecule has 0 aromatic rings. The number of carbonyl (C=O) groups excluding carboxylic acids is 2. The fourth-order valence-electron chi connectivity index (χ4n) is 0.646. The third kappa shape index (κ3) is 5.35. The van der Waals surface area contributed by atoms with Crippen LogP contribution in [0.1, 0.15) is 0 Å². The third-order valence-corrected chi connectivity index (χ3v) is 1.12. The molecule has 64 valence electrons. The molecule has 0 aliphatic rings. The summed E-state index contributed by atoms with van der Waals surface area (Å²) < 4.78 is 0. The molecule has 0 heterocycles. The van der Waals surface area contributed by atoms with E-state index < -0.39 is 5.91 Å². The van der Waals surface area contributed by atoms with Gasteiger partial charge in [0.1, 0.15) is 0 Å². The van der Waals surface area contributed by atoms with Crippen LogP contribution in [0.25, 0.3) is 0 Å². The molecule has 5 heteroatoms. The molecule has 0 aromatic heterocycles. The molecule has 0 saturated carbocycles. The normalized spacial score (nSPS) is 9.73. The smallest absolute Gasteiger partial charge is 0.233 e. The topological polar surface area (TPSA) is 75.4 Å². The van der Waals surface area contributed by atoms with Gasteiger partial charge >= 0.3 is 0 Å². The van der Waals surface area contributed by atoms with Crippen LogP contribution in [0.15, 0.2) is 0 Å². The molecule has 0 aromatic carbocycles. The first kappa shape index (κ1) is 9.90.